The average Bonchev–Trinajstić information content (AvgIpc) is 2.58. The molecule has 3 heteroatoms. The molecule has 0 aliphatic rings. The lowest BCUT2D eigenvalue weighted by Gasteiger charge is -2.08. The largest absolute Gasteiger partial charge is 0.316 e. The van der Waals surface area contributed by atoms with Crippen LogP contribution in [0.15, 0.2) is 5.38 Å². The Balaban J connectivity index is 2.10. The maximum Gasteiger partial charge on any atom is 0.0897 e. The van der Waals surface area contributed by atoms with E-state index in [0.717, 1.165) is 25.4 Å². The summed E-state index contributed by atoms with van der Waals surface area (Å²) in [5.41, 5.74) is 1.23. The van der Waals surface area contributed by atoms with Crippen LogP contribution in [0.2, 0.25) is 0 Å². The fraction of sp³-hybridized carbons (Fsp3) is 0.727. The smallest absolute Gasteiger partial charge is 0.0897 e. The lowest BCUT2D eigenvalue weighted by Crippen LogP contribution is -2.23. The Morgan fingerprint density at radius 3 is 2.93 bits per heavy atom. The van der Waals surface area contributed by atoms with Crippen LogP contribution in [0.1, 0.15) is 31.0 Å². The first-order valence-electron chi connectivity index (χ1n) is 5.34. The van der Waals surface area contributed by atoms with E-state index in [0.29, 0.717) is 0 Å². The van der Waals surface area contributed by atoms with Crippen molar-refractivity contribution in [3.8, 4) is 0 Å². The second-order valence-electron chi connectivity index (χ2n) is 3.83. The van der Waals surface area contributed by atoms with Crippen LogP contribution in [0.4, 0.5) is 0 Å². The maximum atomic E-state index is 4.43. The van der Waals surface area contributed by atoms with E-state index in [1.807, 2.05) is 0 Å². The van der Waals surface area contributed by atoms with Crippen LogP contribution >= 0.6 is 11.3 Å². The topological polar surface area (TPSA) is 24.9 Å². The minimum atomic E-state index is 0.784. The number of hydrogen-bond donors (Lipinski definition) is 1. The van der Waals surface area contributed by atoms with Crippen LogP contribution in [0.5, 0.6) is 0 Å². The van der Waals surface area contributed by atoms with Crippen molar-refractivity contribution in [1.82, 2.24) is 10.3 Å². The van der Waals surface area contributed by atoms with E-state index in [9.17, 15) is 0 Å². The number of aromatic nitrogens is 1. The summed E-state index contributed by atoms with van der Waals surface area (Å²) in [5.74, 6) is 0.784. The molecule has 0 spiro atoms. The normalized spacial score (nSPS) is 13.1. The van der Waals surface area contributed by atoms with Gasteiger partial charge in [-0.2, -0.15) is 0 Å². The average molecular weight is 212 g/mol. The van der Waals surface area contributed by atoms with Gasteiger partial charge in [-0.1, -0.05) is 20.3 Å². The molecule has 0 aliphatic heterocycles. The maximum absolute atomic E-state index is 4.43. The lowest BCUT2D eigenvalue weighted by molar-refractivity contribution is 0.501. The number of aryl methyl sites for hydroxylation is 1. The standard InChI is InChI=1S/C11H20N2S/c1-4-9(2)7-12-6-5-11-8-14-10(3)13-11/h8-9,12H,4-7H2,1-3H3. The fourth-order valence-electron chi connectivity index (χ4n) is 1.23. The molecule has 0 saturated carbocycles. The molecule has 0 aromatic carbocycles. The summed E-state index contributed by atoms with van der Waals surface area (Å²) in [7, 11) is 0. The van der Waals surface area contributed by atoms with Gasteiger partial charge in [0.2, 0.25) is 0 Å². The first-order chi connectivity index (χ1) is 6.72. The summed E-state index contributed by atoms with van der Waals surface area (Å²) in [4.78, 5) is 4.43. The van der Waals surface area contributed by atoms with Gasteiger partial charge in [-0.25, -0.2) is 4.98 Å². The van der Waals surface area contributed by atoms with Crippen molar-refractivity contribution in [3.63, 3.8) is 0 Å². The molecule has 1 aromatic heterocycles. The van der Waals surface area contributed by atoms with E-state index in [4.69, 9.17) is 0 Å². The van der Waals surface area contributed by atoms with Crippen molar-refractivity contribution in [3.05, 3.63) is 16.1 Å². The molecule has 0 amide bonds. The van der Waals surface area contributed by atoms with Gasteiger partial charge in [0.15, 0.2) is 0 Å². The fourth-order valence-corrected chi connectivity index (χ4v) is 1.88. The summed E-state index contributed by atoms with van der Waals surface area (Å²) in [5, 5.41) is 6.78. The van der Waals surface area contributed by atoms with Crippen molar-refractivity contribution in [2.24, 2.45) is 5.92 Å². The summed E-state index contributed by atoms with van der Waals surface area (Å²) in [6.07, 6.45) is 2.31. The van der Waals surface area contributed by atoms with Crippen LogP contribution in [0, 0.1) is 12.8 Å². The molecule has 0 bridgehead atoms. The molecular formula is C11H20N2S. The Kier molecular flexibility index (Phi) is 5.12. The first kappa shape index (κ1) is 11.7. The summed E-state index contributed by atoms with van der Waals surface area (Å²) in [6, 6.07) is 0. The van der Waals surface area contributed by atoms with Gasteiger partial charge >= 0.3 is 0 Å². The lowest BCUT2D eigenvalue weighted by atomic mass is 10.1. The van der Waals surface area contributed by atoms with E-state index >= 15 is 0 Å². The summed E-state index contributed by atoms with van der Waals surface area (Å²) >= 11 is 1.73. The Labute approximate surface area is 90.8 Å². The van der Waals surface area contributed by atoms with Crippen molar-refractivity contribution >= 4 is 11.3 Å². The van der Waals surface area contributed by atoms with Gasteiger partial charge in [0.25, 0.3) is 0 Å². The van der Waals surface area contributed by atoms with E-state index in [1.54, 1.807) is 11.3 Å². The van der Waals surface area contributed by atoms with E-state index in [1.165, 1.54) is 17.1 Å². The molecule has 1 unspecified atom stereocenters. The molecule has 1 heterocycles. The zero-order chi connectivity index (χ0) is 10.4. The molecule has 1 rings (SSSR count). The Morgan fingerprint density at radius 1 is 1.57 bits per heavy atom. The van der Waals surface area contributed by atoms with Gasteiger partial charge in [0.1, 0.15) is 0 Å². The SMILES string of the molecule is CCC(C)CNCCc1csc(C)n1. The molecule has 0 aliphatic carbocycles. The second kappa shape index (κ2) is 6.14. The predicted molar refractivity (Wildman–Crippen MR) is 62.9 cm³/mol. The monoisotopic (exact) mass is 212 g/mol. The molecule has 0 radical (unpaired) electrons. The minimum Gasteiger partial charge on any atom is -0.316 e. The molecule has 1 aromatic rings. The van der Waals surface area contributed by atoms with Crippen molar-refractivity contribution in [1.29, 1.82) is 0 Å². The molecule has 1 N–H and O–H groups in total. The third-order valence-electron chi connectivity index (χ3n) is 2.41. The van der Waals surface area contributed by atoms with Crippen LogP contribution in [-0.2, 0) is 6.42 Å². The van der Waals surface area contributed by atoms with E-state index in [2.05, 4.69) is 36.5 Å². The Hall–Kier alpha value is -0.410. The highest BCUT2D eigenvalue weighted by molar-refractivity contribution is 7.09. The number of thiazole rings is 1. The highest BCUT2D eigenvalue weighted by Crippen LogP contribution is 2.07. The highest BCUT2D eigenvalue weighted by Gasteiger charge is 1.99. The molecule has 0 fully saturated rings. The van der Waals surface area contributed by atoms with Gasteiger partial charge < -0.3 is 5.32 Å². The highest BCUT2D eigenvalue weighted by atomic mass is 32.1. The molecule has 80 valence electrons. The van der Waals surface area contributed by atoms with E-state index < -0.39 is 0 Å². The Morgan fingerprint density at radius 2 is 2.36 bits per heavy atom. The molecule has 1 atom stereocenters. The molecular weight excluding hydrogens is 192 g/mol. The summed E-state index contributed by atoms with van der Waals surface area (Å²) < 4.78 is 0. The van der Waals surface area contributed by atoms with Crippen molar-refractivity contribution in [2.45, 2.75) is 33.6 Å². The van der Waals surface area contributed by atoms with Crippen LogP contribution in [0.25, 0.3) is 0 Å². The van der Waals surface area contributed by atoms with Crippen LogP contribution in [-0.4, -0.2) is 18.1 Å². The van der Waals surface area contributed by atoms with Crippen molar-refractivity contribution in [2.75, 3.05) is 13.1 Å². The zero-order valence-corrected chi connectivity index (χ0v) is 10.2. The number of nitrogens with zero attached hydrogens (tertiary/aromatic N) is 1. The Bertz CT molecular complexity index is 258. The van der Waals surface area contributed by atoms with E-state index in [-0.39, 0.29) is 0 Å². The number of hydrogen-bond acceptors (Lipinski definition) is 3. The first-order valence-corrected chi connectivity index (χ1v) is 6.22. The zero-order valence-electron chi connectivity index (χ0n) is 9.34. The summed E-state index contributed by atoms with van der Waals surface area (Å²) in [6.45, 7) is 8.74. The van der Waals surface area contributed by atoms with Gasteiger partial charge in [-0.05, 0) is 19.4 Å². The number of rotatable bonds is 6. The van der Waals surface area contributed by atoms with Gasteiger partial charge in [0, 0.05) is 18.3 Å². The quantitative estimate of drug-likeness (QED) is 0.733. The van der Waals surface area contributed by atoms with Gasteiger partial charge in [0.05, 0.1) is 10.7 Å². The van der Waals surface area contributed by atoms with Crippen LogP contribution in [0.3, 0.4) is 0 Å². The van der Waals surface area contributed by atoms with Crippen LogP contribution < -0.4 is 5.32 Å². The van der Waals surface area contributed by atoms with Gasteiger partial charge in [-0.3, -0.25) is 0 Å². The molecule has 14 heavy (non-hydrogen) atoms. The third kappa shape index (κ3) is 4.20. The van der Waals surface area contributed by atoms with Gasteiger partial charge in [-0.15, -0.1) is 11.3 Å². The third-order valence-corrected chi connectivity index (χ3v) is 3.24. The molecule has 2 nitrogen and oxygen atoms in total. The predicted octanol–water partition coefficient (Wildman–Crippen LogP) is 2.63. The number of nitrogens with one attached hydrogen (secondary N) is 1. The second-order valence-corrected chi connectivity index (χ2v) is 4.89. The van der Waals surface area contributed by atoms with Crippen molar-refractivity contribution < 1.29 is 0 Å². The minimum absolute atomic E-state index is 0.784. The molecule has 0 saturated heterocycles.